The van der Waals surface area contributed by atoms with Crippen molar-refractivity contribution in [1.82, 2.24) is 39.8 Å². The van der Waals surface area contributed by atoms with Crippen LogP contribution in [0.1, 0.15) is 34.9 Å². The van der Waals surface area contributed by atoms with Crippen LogP contribution in [0.3, 0.4) is 0 Å². The summed E-state index contributed by atoms with van der Waals surface area (Å²) in [5.74, 6) is 0.247. The van der Waals surface area contributed by atoms with Crippen LogP contribution in [0.4, 0.5) is 0 Å². The molecular formula is C21H20N8O. The van der Waals surface area contributed by atoms with Crippen LogP contribution in [0.15, 0.2) is 49.3 Å². The van der Waals surface area contributed by atoms with Crippen molar-refractivity contribution in [3.8, 4) is 11.1 Å². The maximum atomic E-state index is 12.6. The van der Waals surface area contributed by atoms with Gasteiger partial charge in [0, 0.05) is 66.9 Å². The standard InChI is InChI=1S/C21H20N8O/c1-28-12-19(26-27-28)21(30)29-6-4-14(5-7-29)18-3-2-15-8-16(11-24-20(15)25-18)17-9-22-13-23-10-17/h2-3,8-14H,4-7H2,1H3. The van der Waals surface area contributed by atoms with E-state index in [1.54, 1.807) is 36.5 Å². The maximum absolute atomic E-state index is 12.6. The summed E-state index contributed by atoms with van der Waals surface area (Å²) >= 11 is 0. The van der Waals surface area contributed by atoms with E-state index in [0.717, 1.165) is 40.7 Å². The second-order valence-corrected chi connectivity index (χ2v) is 7.48. The van der Waals surface area contributed by atoms with Crippen LogP contribution in [0, 0.1) is 0 Å². The second-order valence-electron chi connectivity index (χ2n) is 7.48. The summed E-state index contributed by atoms with van der Waals surface area (Å²) in [5.41, 5.74) is 4.04. The first kappa shape index (κ1) is 18.3. The fourth-order valence-corrected chi connectivity index (χ4v) is 3.84. The Balaban J connectivity index is 1.30. The van der Waals surface area contributed by atoms with Gasteiger partial charge in [-0.3, -0.25) is 9.48 Å². The zero-order chi connectivity index (χ0) is 20.5. The SMILES string of the molecule is Cn1cc(C(=O)N2CCC(c3ccc4cc(-c5cncnc5)cnc4n3)CC2)nn1. The van der Waals surface area contributed by atoms with Crippen molar-refractivity contribution in [3.63, 3.8) is 0 Å². The van der Waals surface area contributed by atoms with E-state index in [1.165, 1.54) is 6.33 Å². The number of fused-ring (bicyclic) bond motifs is 1. The molecule has 0 unspecified atom stereocenters. The van der Waals surface area contributed by atoms with Crippen LogP contribution in [-0.4, -0.2) is 58.8 Å². The number of hydrogen-bond donors (Lipinski definition) is 0. The van der Waals surface area contributed by atoms with Gasteiger partial charge in [0.05, 0.1) is 6.20 Å². The van der Waals surface area contributed by atoms with E-state index in [1.807, 2.05) is 4.90 Å². The van der Waals surface area contributed by atoms with Crippen LogP contribution < -0.4 is 0 Å². The number of amides is 1. The van der Waals surface area contributed by atoms with Crippen molar-refractivity contribution < 1.29 is 4.79 Å². The minimum Gasteiger partial charge on any atom is -0.337 e. The van der Waals surface area contributed by atoms with Crippen molar-refractivity contribution in [2.24, 2.45) is 7.05 Å². The van der Waals surface area contributed by atoms with E-state index < -0.39 is 0 Å². The van der Waals surface area contributed by atoms with Gasteiger partial charge in [0.1, 0.15) is 6.33 Å². The van der Waals surface area contributed by atoms with Crippen LogP contribution in [0.2, 0.25) is 0 Å². The number of aromatic nitrogens is 7. The van der Waals surface area contributed by atoms with Gasteiger partial charge in [-0.15, -0.1) is 5.10 Å². The van der Waals surface area contributed by atoms with Crippen molar-refractivity contribution in [2.45, 2.75) is 18.8 Å². The molecule has 1 saturated heterocycles. The average Bonchev–Trinajstić information content (AvgIpc) is 3.25. The van der Waals surface area contributed by atoms with Gasteiger partial charge in [0.2, 0.25) is 0 Å². The molecule has 0 spiro atoms. The predicted octanol–water partition coefficient (Wildman–Crippen LogP) is 2.24. The van der Waals surface area contributed by atoms with Gasteiger partial charge in [-0.2, -0.15) is 0 Å². The number of nitrogens with zero attached hydrogens (tertiary/aromatic N) is 8. The van der Waals surface area contributed by atoms with Gasteiger partial charge >= 0.3 is 0 Å². The smallest absolute Gasteiger partial charge is 0.276 e. The van der Waals surface area contributed by atoms with Crippen LogP contribution >= 0.6 is 0 Å². The van der Waals surface area contributed by atoms with Crippen LogP contribution in [0.5, 0.6) is 0 Å². The highest BCUT2D eigenvalue weighted by Gasteiger charge is 2.26. The molecule has 4 aromatic heterocycles. The molecule has 9 heteroatoms. The fraction of sp³-hybridized carbons (Fsp3) is 0.286. The van der Waals surface area contributed by atoms with E-state index in [4.69, 9.17) is 4.98 Å². The molecule has 0 aromatic carbocycles. The summed E-state index contributed by atoms with van der Waals surface area (Å²) in [6, 6.07) is 6.19. The molecule has 0 atom stereocenters. The van der Waals surface area contributed by atoms with E-state index in [-0.39, 0.29) is 5.91 Å². The monoisotopic (exact) mass is 400 g/mol. The molecule has 0 saturated carbocycles. The molecule has 0 bridgehead atoms. The Morgan fingerprint density at radius 3 is 2.60 bits per heavy atom. The predicted molar refractivity (Wildman–Crippen MR) is 109 cm³/mol. The molecule has 5 heterocycles. The molecule has 1 aliphatic heterocycles. The van der Waals surface area contributed by atoms with Crippen molar-refractivity contribution >= 4 is 16.9 Å². The number of carbonyl (C=O) groups is 1. The lowest BCUT2D eigenvalue weighted by Gasteiger charge is -2.31. The highest BCUT2D eigenvalue weighted by Crippen LogP contribution is 2.29. The minimum absolute atomic E-state index is 0.0629. The third-order valence-electron chi connectivity index (χ3n) is 5.48. The third-order valence-corrected chi connectivity index (χ3v) is 5.48. The van der Waals surface area contributed by atoms with E-state index in [9.17, 15) is 4.79 Å². The highest BCUT2D eigenvalue weighted by atomic mass is 16.2. The van der Waals surface area contributed by atoms with Crippen molar-refractivity contribution in [3.05, 3.63) is 60.7 Å². The normalized spacial score (nSPS) is 14.9. The van der Waals surface area contributed by atoms with Gasteiger partial charge in [-0.05, 0) is 31.0 Å². The topological polar surface area (TPSA) is 103 Å². The first-order valence-electron chi connectivity index (χ1n) is 9.85. The zero-order valence-corrected chi connectivity index (χ0v) is 16.5. The minimum atomic E-state index is -0.0629. The summed E-state index contributed by atoms with van der Waals surface area (Å²) < 4.78 is 1.54. The lowest BCUT2D eigenvalue weighted by Crippen LogP contribution is -2.38. The zero-order valence-electron chi connectivity index (χ0n) is 16.5. The Morgan fingerprint density at radius 2 is 1.87 bits per heavy atom. The number of hydrogen-bond acceptors (Lipinski definition) is 7. The van der Waals surface area contributed by atoms with Gasteiger partial charge in [-0.25, -0.2) is 19.9 Å². The Bertz CT molecular complexity index is 1200. The van der Waals surface area contributed by atoms with Gasteiger partial charge in [0.15, 0.2) is 11.3 Å². The third kappa shape index (κ3) is 3.49. The Labute approximate surface area is 172 Å². The fourth-order valence-electron chi connectivity index (χ4n) is 3.84. The van der Waals surface area contributed by atoms with Gasteiger partial charge in [0.25, 0.3) is 5.91 Å². The molecule has 1 aliphatic rings. The molecule has 0 radical (unpaired) electrons. The highest BCUT2D eigenvalue weighted by molar-refractivity contribution is 5.92. The van der Waals surface area contributed by atoms with Crippen LogP contribution in [0.25, 0.3) is 22.2 Å². The molecule has 1 amide bonds. The number of pyridine rings is 2. The first-order chi connectivity index (χ1) is 14.7. The largest absolute Gasteiger partial charge is 0.337 e. The lowest BCUT2D eigenvalue weighted by atomic mass is 9.92. The van der Waals surface area contributed by atoms with E-state index >= 15 is 0 Å². The molecule has 4 aromatic rings. The number of likely N-dealkylation sites (tertiary alicyclic amines) is 1. The van der Waals surface area contributed by atoms with Gasteiger partial charge < -0.3 is 4.90 Å². The summed E-state index contributed by atoms with van der Waals surface area (Å²) in [7, 11) is 1.76. The van der Waals surface area contributed by atoms with E-state index in [2.05, 4.69) is 43.5 Å². The molecule has 9 nitrogen and oxygen atoms in total. The second kappa shape index (κ2) is 7.58. The molecule has 0 N–H and O–H groups in total. The van der Waals surface area contributed by atoms with Gasteiger partial charge in [-0.1, -0.05) is 5.21 Å². The molecule has 30 heavy (non-hydrogen) atoms. The molecular weight excluding hydrogens is 380 g/mol. The summed E-state index contributed by atoms with van der Waals surface area (Å²) in [5, 5.41) is 8.75. The Morgan fingerprint density at radius 1 is 1.07 bits per heavy atom. The van der Waals surface area contributed by atoms with Crippen molar-refractivity contribution in [1.29, 1.82) is 0 Å². The summed E-state index contributed by atoms with van der Waals surface area (Å²) in [4.78, 5) is 31.9. The summed E-state index contributed by atoms with van der Waals surface area (Å²) in [6.07, 6.45) is 10.2. The Kier molecular flexibility index (Phi) is 4.62. The summed E-state index contributed by atoms with van der Waals surface area (Å²) in [6.45, 7) is 1.36. The molecule has 1 fully saturated rings. The number of aryl methyl sites for hydroxylation is 1. The Hall–Kier alpha value is -3.75. The quantitative estimate of drug-likeness (QED) is 0.519. The molecule has 150 valence electrons. The number of piperidine rings is 1. The average molecular weight is 400 g/mol. The molecule has 5 rings (SSSR count). The first-order valence-corrected chi connectivity index (χ1v) is 9.85. The van der Waals surface area contributed by atoms with E-state index in [0.29, 0.717) is 24.7 Å². The lowest BCUT2D eigenvalue weighted by molar-refractivity contribution is 0.0706. The molecule has 0 aliphatic carbocycles. The van der Waals surface area contributed by atoms with Crippen molar-refractivity contribution in [2.75, 3.05) is 13.1 Å². The van der Waals surface area contributed by atoms with Crippen LogP contribution in [-0.2, 0) is 7.05 Å². The maximum Gasteiger partial charge on any atom is 0.276 e. The number of rotatable bonds is 3. The number of carbonyl (C=O) groups excluding carboxylic acids is 1.